The van der Waals surface area contributed by atoms with Crippen molar-refractivity contribution in [2.45, 2.75) is 20.4 Å². The van der Waals surface area contributed by atoms with Gasteiger partial charge in [0, 0.05) is 25.5 Å². The van der Waals surface area contributed by atoms with Gasteiger partial charge in [0.2, 0.25) is 0 Å². The molecular weight excluding hydrogens is 234 g/mol. The van der Waals surface area contributed by atoms with Gasteiger partial charge in [0.25, 0.3) is 0 Å². The number of hydrogen-bond acceptors (Lipinski definition) is 3. The predicted octanol–water partition coefficient (Wildman–Crippen LogP) is 3.19. The molecule has 1 aromatic carbocycles. The SMILES string of the molecule is CNCc1ccncc1N(C)c1cc(C)cc(C)c1. The third-order valence-electron chi connectivity index (χ3n) is 3.21. The number of rotatable bonds is 4. The van der Waals surface area contributed by atoms with Crippen LogP contribution in [0.5, 0.6) is 0 Å². The van der Waals surface area contributed by atoms with Gasteiger partial charge in [0.15, 0.2) is 0 Å². The summed E-state index contributed by atoms with van der Waals surface area (Å²) in [6.07, 6.45) is 3.76. The van der Waals surface area contributed by atoms with Crippen LogP contribution in [0.4, 0.5) is 11.4 Å². The number of anilines is 2. The van der Waals surface area contributed by atoms with Crippen LogP contribution in [0.2, 0.25) is 0 Å². The van der Waals surface area contributed by atoms with E-state index in [0.717, 1.165) is 12.2 Å². The Balaban J connectivity index is 2.40. The van der Waals surface area contributed by atoms with Crippen LogP contribution in [0.25, 0.3) is 0 Å². The minimum Gasteiger partial charge on any atom is -0.343 e. The van der Waals surface area contributed by atoms with Crippen molar-refractivity contribution < 1.29 is 0 Å². The zero-order chi connectivity index (χ0) is 13.8. The van der Waals surface area contributed by atoms with Crippen LogP contribution in [0.1, 0.15) is 16.7 Å². The van der Waals surface area contributed by atoms with Gasteiger partial charge in [-0.15, -0.1) is 0 Å². The number of nitrogens with one attached hydrogen (secondary N) is 1. The summed E-state index contributed by atoms with van der Waals surface area (Å²) in [4.78, 5) is 6.44. The molecule has 0 spiro atoms. The summed E-state index contributed by atoms with van der Waals surface area (Å²) in [6, 6.07) is 8.65. The quantitative estimate of drug-likeness (QED) is 0.909. The second-order valence-corrected chi connectivity index (χ2v) is 4.94. The maximum absolute atomic E-state index is 4.25. The molecule has 0 saturated carbocycles. The Morgan fingerprint density at radius 3 is 2.47 bits per heavy atom. The zero-order valence-corrected chi connectivity index (χ0v) is 12.1. The molecule has 19 heavy (non-hydrogen) atoms. The molecule has 0 bridgehead atoms. The van der Waals surface area contributed by atoms with Gasteiger partial charge in [-0.3, -0.25) is 4.98 Å². The Bertz CT molecular complexity index is 543. The molecule has 0 fully saturated rings. The number of nitrogens with zero attached hydrogens (tertiary/aromatic N) is 2. The lowest BCUT2D eigenvalue weighted by molar-refractivity contribution is 0.814. The van der Waals surface area contributed by atoms with Crippen LogP contribution >= 0.6 is 0 Å². The number of benzene rings is 1. The average Bonchev–Trinajstić information content (AvgIpc) is 2.38. The standard InChI is InChI=1S/C16H21N3/c1-12-7-13(2)9-15(8-12)19(4)16-11-18-6-5-14(16)10-17-3/h5-9,11,17H,10H2,1-4H3. The monoisotopic (exact) mass is 255 g/mol. The first-order chi connectivity index (χ1) is 9.11. The van der Waals surface area contributed by atoms with Gasteiger partial charge in [0.1, 0.15) is 0 Å². The first-order valence-electron chi connectivity index (χ1n) is 6.51. The lowest BCUT2D eigenvalue weighted by Crippen LogP contribution is -2.15. The fourth-order valence-electron chi connectivity index (χ4n) is 2.34. The summed E-state index contributed by atoms with van der Waals surface area (Å²) in [5, 5.41) is 3.20. The molecule has 3 nitrogen and oxygen atoms in total. The van der Waals surface area contributed by atoms with Crippen molar-refractivity contribution in [2.75, 3.05) is 19.0 Å². The number of aryl methyl sites for hydroxylation is 2. The minimum absolute atomic E-state index is 0.840. The third-order valence-corrected chi connectivity index (χ3v) is 3.21. The molecule has 2 rings (SSSR count). The Kier molecular flexibility index (Phi) is 4.17. The summed E-state index contributed by atoms with van der Waals surface area (Å²) < 4.78 is 0. The Morgan fingerprint density at radius 2 is 1.84 bits per heavy atom. The van der Waals surface area contributed by atoms with Crippen LogP contribution in [0.15, 0.2) is 36.7 Å². The molecule has 100 valence electrons. The summed E-state index contributed by atoms with van der Waals surface area (Å²) in [5.41, 5.74) is 6.14. The highest BCUT2D eigenvalue weighted by molar-refractivity contribution is 5.66. The van der Waals surface area contributed by atoms with E-state index in [2.05, 4.69) is 60.4 Å². The number of pyridine rings is 1. The molecule has 3 heteroatoms. The molecule has 2 aromatic rings. The highest BCUT2D eigenvalue weighted by Crippen LogP contribution is 2.27. The molecule has 0 aliphatic heterocycles. The van der Waals surface area contributed by atoms with Crippen LogP contribution in [-0.4, -0.2) is 19.1 Å². The van der Waals surface area contributed by atoms with E-state index in [1.165, 1.54) is 22.4 Å². The lowest BCUT2D eigenvalue weighted by atomic mass is 10.1. The van der Waals surface area contributed by atoms with Crippen molar-refractivity contribution in [1.82, 2.24) is 10.3 Å². The average molecular weight is 255 g/mol. The predicted molar refractivity (Wildman–Crippen MR) is 81.0 cm³/mol. The summed E-state index contributed by atoms with van der Waals surface area (Å²) in [6.45, 7) is 5.09. The van der Waals surface area contributed by atoms with Crippen molar-refractivity contribution in [3.05, 3.63) is 53.3 Å². The molecule has 0 unspecified atom stereocenters. The first kappa shape index (κ1) is 13.6. The Labute approximate surface area is 115 Å². The molecule has 0 amide bonds. The molecule has 1 N–H and O–H groups in total. The molecule has 0 aliphatic rings. The van der Waals surface area contributed by atoms with E-state index in [-0.39, 0.29) is 0 Å². The van der Waals surface area contributed by atoms with Crippen molar-refractivity contribution in [2.24, 2.45) is 0 Å². The fraction of sp³-hybridized carbons (Fsp3) is 0.312. The Morgan fingerprint density at radius 1 is 1.16 bits per heavy atom. The third kappa shape index (κ3) is 3.12. The molecular formula is C16H21N3. The number of hydrogen-bond donors (Lipinski definition) is 1. The second-order valence-electron chi connectivity index (χ2n) is 4.94. The van der Waals surface area contributed by atoms with Crippen molar-refractivity contribution in [3.8, 4) is 0 Å². The molecule has 1 heterocycles. The van der Waals surface area contributed by atoms with Gasteiger partial charge in [-0.1, -0.05) is 6.07 Å². The maximum Gasteiger partial charge on any atom is 0.0640 e. The lowest BCUT2D eigenvalue weighted by Gasteiger charge is -2.23. The van der Waals surface area contributed by atoms with E-state index in [1.54, 1.807) is 0 Å². The van der Waals surface area contributed by atoms with Crippen molar-refractivity contribution in [3.63, 3.8) is 0 Å². The van der Waals surface area contributed by atoms with Gasteiger partial charge in [0.05, 0.1) is 11.9 Å². The van der Waals surface area contributed by atoms with E-state index in [4.69, 9.17) is 0 Å². The van der Waals surface area contributed by atoms with Gasteiger partial charge in [-0.2, -0.15) is 0 Å². The van der Waals surface area contributed by atoms with Crippen LogP contribution in [0.3, 0.4) is 0 Å². The minimum atomic E-state index is 0.840. The van der Waals surface area contributed by atoms with Crippen molar-refractivity contribution >= 4 is 11.4 Å². The number of aromatic nitrogens is 1. The molecule has 1 aromatic heterocycles. The zero-order valence-electron chi connectivity index (χ0n) is 12.1. The fourth-order valence-corrected chi connectivity index (χ4v) is 2.34. The maximum atomic E-state index is 4.25. The normalized spacial score (nSPS) is 10.5. The Hall–Kier alpha value is -1.87. The highest BCUT2D eigenvalue weighted by atomic mass is 15.1. The topological polar surface area (TPSA) is 28.2 Å². The molecule has 0 saturated heterocycles. The summed E-state index contributed by atoms with van der Waals surface area (Å²) in [5.74, 6) is 0. The van der Waals surface area contributed by atoms with Crippen LogP contribution < -0.4 is 10.2 Å². The first-order valence-corrected chi connectivity index (χ1v) is 6.51. The molecule has 0 aliphatic carbocycles. The van der Waals surface area contributed by atoms with E-state index in [1.807, 2.05) is 19.4 Å². The largest absolute Gasteiger partial charge is 0.343 e. The smallest absolute Gasteiger partial charge is 0.0640 e. The van der Waals surface area contributed by atoms with E-state index < -0.39 is 0 Å². The van der Waals surface area contributed by atoms with Gasteiger partial charge in [-0.05, 0) is 55.8 Å². The van der Waals surface area contributed by atoms with Gasteiger partial charge >= 0.3 is 0 Å². The second kappa shape index (κ2) is 5.85. The summed E-state index contributed by atoms with van der Waals surface area (Å²) in [7, 11) is 4.05. The van der Waals surface area contributed by atoms with E-state index in [0.29, 0.717) is 0 Å². The highest BCUT2D eigenvalue weighted by Gasteiger charge is 2.09. The molecule has 0 atom stereocenters. The van der Waals surface area contributed by atoms with Crippen LogP contribution in [-0.2, 0) is 6.54 Å². The van der Waals surface area contributed by atoms with Crippen LogP contribution in [0, 0.1) is 13.8 Å². The summed E-state index contributed by atoms with van der Waals surface area (Å²) >= 11 is 0. The van der Waals surface area contributed by atoms with E-state index >= 15 is 0 Å². The molecule has 0 radical (unpaired) electrons. The van der Waals surface area contributed by atoms with Gasteiger partial charge in [-0.25, -0.2) is 0 Å². The van der Waals surface area contributed by atoms with Crippen molar-refractivity contribution in [1.29, 1.82) is 0 Å². The van der Waals surface area contributed by atoms with Gasteiger partial charge < -0.3 is 10.2 Å². The van der Waals surface area contributed by atoms with E-state index in [9.17, 15) is 0 Å².